The zero-order valence-electron chi connectivity index (χ0n) is 46.2. The molecule has 2 fully saturated rings. The van der Waals surface area contributed by atoms with Gasteiger partial charge in [0.25, 0.3) is 0 Å². The highest BCUT2D eigenvalue weighted by molar-refractivity contribution is 5.53. The van der Waals surface area contributed by atoms with Gasteiger partial charge in [-0.25, -0.2) is 9.97 Å². The lowest BCUT2D eigenvalue weighted by Gasteiger charge is -2.47. The topological polar surface area (TPSA) is 217 Å². The third kappa shape index (κ3) is 12.7. The number of hydrogen-bond donors (Lipinski definition) is 6. The Kier molecular flexibility index (Phi) is 18.8. The van der Waals surface area contributed by atoms with Crippen molar-refractivity contribution in [1.82, 2.24) is 29.5 Å². The van der Waals surface area contributed by atoms with E-state index in [0.717, 1.165) is 61.3 Å². The first-order valence-corrected chi connectivity index (χ1v) is 27.6. The van der Waals surface area contributed by atoms with Crippen LogP contribution in [0.4, 0.5) is 11.4 Å². The zero-order chi connectivity index (χ0) is 55.0. The molecule has 0 bridgehead atoms. The molecule has 4 heterocycles. The number of anilines is 2. The summed E-state index contributed by atoms with van der Waals surface area (Å²) in [5.74, 6) is -1.79. The van der Waals surface area contributed by atoms with Crippen LogP contribution in [0.25, 0.3) is 11.6 Å². The molecule has 0 aliphatic heterocycles. The van der Waals surface area contributed by atoms with Gasteiger partial charge in [0.1, 0.15) is 0 Å². The molecule has 8 rings (SSSR count). The fraction of sp³-hybridized carbons (Fsp3) is 0.533. The van der Waals surface area contributed by atoms with Gasteiger partial charge in [-0.3, -0.25) is 0 Å². The van der Waals surface area contributed by atoms with Crippen molar-refractivity contribution >= 4 is 11.4 Å². The molecule has 416 valence electrons. The van der Waals surface area contributed by atoms with Crippen molar-refractivity contribution in [1.29, 1.82) is 0 Å². The maximum Gasteiger partial charge on any atom is 0.219 e. The van der Waals surface area contributed by atoms with Crippen molar-refractivity contribution in [3.8, 4) is 23.4 Å². The Bertz CT molecular complexity index is 2570. The molecule has 6 aromatic rings. The fourth-order valence-electron chi connectivity index (χ4n) is 10.9. The third-order valence-corrected chi connectivity index (χ3v) is 15.2. The van der Waals surface area contributed by atoms with Gasteiger partial charge in [-0.2, -0.15) is 19.6 Å². The molecule has 4 atom stereocenters. The smallest absolute Gasteiger partial charge is 0.219 e. The fourth-order valence-corrected chi connectivity index (χ4v) is 10.9. The van der Waals surface area contributed by atoms with Gasteiger partial charge in [0, 0.05) is 95.6 Å². The van der Waals surface area contributed by atoms with Crippen LogP contribution in [0.15, 0.2) is 97.3 Å². The molecule has 6 N–H and O–H groups in total. The largest absolute Gasteiger partial charge is 0.493 e. The van der Waals surface area contributed by atoms with Gasteiger partial charge in [0.15, 0.2) is 11.6 Å². The molecule has 4 unspecified atom stereocenters. The molecular formula is C60H82N8O9. The van der Waals surface area contributed by atoms with Crippen molar-refractivity contribution in [3.05, 3.63) is 131 Å². The van der Waals surface area contributed by atoms with Gasteiger partial charge in [0.05, 0.1) is 75.4 Å². The number of aromatic nitrogens is 6. The van der Waals surface area contributed by atoms with Gasteiger partial charge in [-0.1, -0.05) is 105 Å². The maximum absolute atomic E-state index is 11.6. The van der Waals surface area contributed by atoms with Crippen molar-refractivity contribution < 1.29 is 44.8 Å². The normalized spacial score (nSPS) is 21.5. The predicted octanol–water partition coefficient (Wildman–Crippen LogP) is 8.02. The summed E-state index contributed by atoms with van der Waals surface area (Å²) in [6.07, 6.45) is 3.71. The molecule has 2 aliphatic carbocycles. The number of benzene rings is 2. The van der Waals surface area contributed by atoms with Crippen LogP contribution in [0.3, 0.4) is 0 Å². The maximum atomic E-state index is 11.6. The van der Waals surface area contributed by atoms with Crippen LogP contribution < -0.4 is 9.80 Å². The Morgan fingerprint density at radius 3 is 1.13 bits per heavy atom. The van der Waals surface area contributed by atoms with E-state index < -0.39 is 58.9 Å². The van der Waals surface area contributed by atoms with Crippen molar-refractivity contribution in [3.63, 3.8) is 0 Å². The molecule has 2 aromatic carbocycles. The Morgan fingerprint density at radius 2 is 0.818 bits per heavy atom. The van der Waals surface area contributed by atoms with Gasteiger partial charge >= 0.3 is 0 Å². The van der Waals surface area contributed by atoms with E-state index in [1.807, 2.05) is 102 Å². The highest BCUT2D eigenvalue weighted by Crippen LogP contribution is 2.54. The van der Waals surface area contributed by atoms with Crippen LogP contribution in [0.5, 0.6) is 11.8 Å². The van der Waals surface area contributed by atoms with E-state index >= 15 is 0 Å². The summed E-state index contributed by atoms with van der Waals surface area (Å²) in [4.78, 5) is 13.3. The molecule has 0 radical (unpaired) electrons. The molecule has 2 saturated carbocycles. The summed E-state index contributed by atoms with van der Waals surface area (Å²) in [5.41, 5.74) is 4.94. The molecule has 17 heteroatoms. The lowest BCUT2D eigenvalue weighted by Crippen LogP contribution is -2.52. The second kappa shape index (κ2) is 25.3. The van der Waals surface area contributed by atoms with Crippen molar-refractivity contribution in [2.75, 3.05) is 75.6 Å². The second-order valence-corrected chi connectivity index (χ2v) is 22.6. The molecule has 77 heavy (non-hydrogen) atoms. The minimum Gasteiger partial charge on any atom is -0.493 e. The first-order valence-electron chi connectivity index (χ1n) is 27.6. The van der Waals surface area contributed by atoms with Gasteiger partial charge in [-0.15, -0.1) is 0 Å². The molecule has 4 aromatic heterocycles. The predicted molar refractivity (Wildman–Crippen MR) is 298 cm³/mol. The summed E-state index contributed by atoms with van der Waals surface area (Å²) in [6, 6.07) is 26.8. The number of rotatable bonds is 26. The Balaban J connectivity index is 0.759. The van der Waals surface area contributed by atoms with E-state index in [9.17, 15) is 30.6 Å². The van der Waals surface area contributed by atoms with Gasteiger partial charge < -0.3 is 54.6 Å². The number of pyridine rings is 2. The SMILES string of the molecule is CCCCN(CCOCCOCCOCCN(CCCC)c1ccc(C2C(O)C(c3c(C(C)(C)C)nn(-c4ccccn4)c3O)C2O)cc1)c1ccc(C2C(O)C(c3c(C(C)(C)C)nn(-c4ccccn4)c3O)C2O)cc1. The summed E-state index contributed by atoms with van der Waals surface area (Å²) in [7, 11) is 0. The number of unbranched alkanes of at least 4 members (excludes halogenated alkanes) is 2. The number of aliphatic hydroxyl groups excluding tert-OH is 4. The molecule has 17 nitrogen and oxygen atoms in total. The number of nitrogens with zero attached hydrogens (tertiary/aromatic N) is 8. The summed E-state index contributed by atoms with van der Waals surface area (Å²) >= 11 is 0. The lowest BCUT2D eigenvalue weighted by molar-refractivity contribution is -0.0800. The van der Waals surface area contributed by atoms with Gasteiger partial charge in [0.2, 0.25) is 11.8 Å². The Morgan fingerprint density at radius 1 is 0.468 bits per heavy atom. The monoisotopic (exact) mass is 1060 g/mol. The van der Waals surface area contributed by atoms with E-state index in [0.29, 0.717) is 86.9 Å². The van der Waals surface area contributed by atoms with E-state index in [-0.39, 0.29) is 11.8 Å². The number of ether oxygens (including phenoxy) is 3. The zero-order valence-corrected chi connectivity index (χ0v) is 46.2. The van der Waals surface area contributed by atoms with E-state index in [2.05, 4.69) is 33.6 Å². The molecule has 2 aliphatic rings. The van der Waals surface area contributed by atoms with Crippen molar-refractivity contribution in [2.45, 2.75) is 140 Å². The highest BCUT2D eigenvalue weighted by atomic mass is 16.5. The van der Waals surface area contributed by atoms with Crippen LogP contribution >= 0.6 is 0 Å². The first-order chi connectivity index (χ1) is 37.0. The second-order valence-electron chi connectivity index (χ2n) is 22.6. The van der Waals surface area contributed by atoms with Crippen LogP contribution in [0.1, 0.15) is 138 Å². The Labute approximate surface area is 454 Å². The lowest BCUT2D eigenvalue weighted by atomic mass is 9.62. The average Bonchev–Trinajstić information content (AvgIpc) is 4.05. The standard InChI is InChI=1S/C60H82N8O9/c1-9-11-29-65(41-23-19-39(20-24-41)45-51(69)47(52(45)70)49-55(59(3,4)5)63-67(57(49)73)43-17-13-15-27-61-43)31-33-75-35-37-77-38-36-76-34-32-66(30-12-10-2)42-25-21-40(22-26-42)46-53(71)48(54(46)72)50-56(60(6,7)8)64-68(58(50)74)44-18-14-16-28-62-44/h13-28,45-48,51-54,69-74H,9-12,29-38H2,1-8H3. The molecule has 0 spiro atoms. The van der Waals surface area contributed by atoms with Crippen molar-refractivity contribution in [2.24, 2.45) is 0 Å². The average molecular weight is 1060 g/mol. The van der Waals surface area contributed by atoms with E-state index in [1.165, 1.54) is 9.36 Å². The molecule has 0 saturated heterocycles. The summed E-state index contributed by atoms with van der Waals surface area (Å²) in [6.45, 7) is 22.3. The first kappa shape index (κ1) is 57.3. The third-order valence-electron chi connectivity index (χ3n) is 15.2. The van der Waals surface area contributed by atoms with Gasteiger partial charge in [-0.05, 0) is 72.5 Å². The summed E-state index contributed by atoms with van der Waals surface area (Å²) < 4.78 is 20.6. The Hall–Kier alpha value is -5.92. The van der Waals surface area contributed by atoms with Crippen LogP contribution in [-0.2, 0) is 25.0 Å². The number of aliphatic hydroxyl groups is 4. The molecular weight excluding hydrogens is 977 g/mol. The number of hydrogen-bond acceptors (Lipinski definition) is 15. The number of aromatic hydroxyl groups is 2. The van der Waals surface area contributed by atoms with Crippen LogP contribution in [-0.4, -0.2) is 150 Å². The molecule has 0 amide bonds. The van der Waals surface area contributed by atoms with Crippen LogP contribution in [0.2, 0.25) is 0 Å². The quantitative estimate of drug-likeness (QED) is 0.0284. The van der Waals surface area contributed by atoms with E-state index in [4.69, 9.17) is 24.4 Å². The highest BCUT2D eigenvalue weighted by Gasteiger charge is 2.55. The van der Waals surface area contributed by atoms with E-state index in [1.54, 1.807) is 36.7 Å². The van der Waals surface area contributed by atoms with Crippen LogP contribution in [0, 0.1) is 0 Å². The minimum atomic E-state index is -0.925. The summed E-state index contributed by atoms with van der Waals surface area (Å²) in [5, 5.41) is 78.7. The minimum absolute atomic E-state index is 0.119.